The second-order valence-electron chi connectivity index (χ2n) is 5.56. The molecule has 0 rings (SSSR count). The predicted octanol–water partition coefficient (Wildman–Crippen LogP) is 3.65. The van der Waals surface area contributed by atoms with Crippen LogP contribution in [0.25, 0.3) is 0 Å². The monoisotopic (exact) mass is 242 g/mol. The molecule has 2 unspecified atom stereocenters. The highest BCUT2D eigenvalue weighted by molar-refractivity contribution is 4.91. The van der Waals surface area contributed by atoms with Gasteiger partial charge in [-0.05, 0) is 38.8 Å². The van der Waals surface area contributed by atoms with Crippen LogP contribution in [0.1, 0.15) is 66.7 Å². The van der Waals surface area contributed by atoms with E-state index in [1.165, 1.54) is 45.2 Å². The molecule has 0 bridgehead atoms. The summed E-state index contributed by atoms with van der Waals surface area (Å²) in [6.45, 7) is 14.7. The molecule has 0 aliphatic carbocycles. The van der Waals surface area contributed by atoms with Crippen molar-refractivity contribution < 1.29 is 0 Å². The van der Waals surface area contributed by atoms with E-state index < -0.39 is 0 Å². The van der Waals surface area contributed by atoms with Gasteiger partial charge in [0.1, 0.15) is 0 Å². The normalized spacial score (nSPS) is 17.1. The minimum atomic E-state index is 0.180. The van der Waals surface area contributed by atoms with Gasteiger partial charge in [0.15, 0.2) is 0 Å². The molecule has 0 fully saturated rings. The minimum Gasteiger partial charge on any atom is -0.329 e. The Hall–Kier alpha value is -0.0800. The van der Waals surface area contributed by atoms with Crippen LogP contribution >= 0.6 is 0 Å². The lowest BCUT2D eigenvalue weighted by atomic mass is 9.83. The number of hydrogen-bond donors (Lipinski definition) is 1. The quantitative estimate of drug-likeness (QED) is 0.633. The summed E-state index contributed by atoms with van der Waals surface area (Å²) in [6, 6.07) is 0. The van der Waals surface area contributed by atoms with E-state index in [1.807, 2.05) is 0 Å². The van der Waals surface area contributed by atoms with Crippen molar-refractivity contribution in [2.45, 2.75) is 72.3 Å². The topological polar surface area (TPSA) is 29.3 Å². The molecule has 0 aromatic rings. The van der Waals surface area contributed by atoms with E-state index in [0.29, 0.717) is 5.92 Å². The van der Waals surface area contributed by atoms with Gasteiger partial charge in [0.05, 0.1) is 0 Å². The number of rotatable bonds is 10. The van der Waals surface area contributed by atoms with Gasteiger partial charge in [-0.3, -0.25) is 4.90 Å². The molecular weight excluding hydrogens is 208 g/mol. The van der Waals surface area contributed by atoms with Crippen molar-refractivity contribution in [1.82, 2.24) is 4.90 Å². The van der Waals surface area contributed by atoms with Crippen molar-refractivity contribution >= 4 is 0 Å². The minimum absolute atomic E-state index is 0.180. The van der Waals surface area contributed by atoms with Crippen LogP contribution in [0.5, 0.6) is 0 Å². The SMILES string of the molecule is CCCCN(CCCC)C(C)(CN)C(C)CC. The summed E-state index contributed by atoms with van der Waals surface area (Å²) in [5.74, 6) is 0.668. The number of nitrogens with zero attached hydrogens (tertiary/aromatic N) is 1. The molecule has 0 aromatic carbocycles. The highest BCUT2D eigenvalue weighted by Gasteiger charge is 2.34. The third kappa shape index (κ3) is 4.97. The number of nitrogens with two attached hydrogens (primary N) is 1. The molecule has 2 atom stereocenters. The van der Waals surface area contributed by atoms with Crippen molar-refractivity contribution in [3.63, 3.8) is 0 Å². The summed E-state index contributed by atoms with van der Waals surface area (Å²) in [7, 11) is 0. The fourth-order valence-electron chi connectivity index (χ4n) is 2.40. The second-order valence-corrected chi connectivity index (χ2v) is 5.56. The van der Waals surface area contributed by atoms with Gasteiger partial charge in [-0.2, -0.15) is 0 Å². The summed E-state index contributed by atoms with van der Waals surface area (Å²) < 4.78 is 0. The summed E-state index contributed by atoms with van der Waals surface area (Å²) >= 11 is 0. The first kappa shape index (κ1) is 16.9. The third-order valence-electron chi connectivity index (χ3n) is 4.37. The molecule has 0 spiro atoms. The molecule has 2 N–H and O–H groups in total. The van der Waals surface area contributed by atoms with E-state index >= 15 is 0 Å². The van der Waals surface area contributed by atoms with Crippen LogP contribution in [0.2, 0.25) is 0 Å². The van der Waals surface area contributed by atoms with Crippen LogP contribution in [0.3, 0.4) is 0 Å². The van der Waals surface area contributed by atoms with Gasteiger partial charge in [-0.25, -0.2) is 0 Å². The molecule has 17 heavy (non-hydrogen) atoms. The first-order valence-corrected chi connectivity index (χ1v) is 7.51. The van der Waals surface area contributed by atoms with Gasteiger partial charge in [0.25, 0.3) is 0 Å². The molecule has 2 heteroatoms. The summed E-state index contributed by atoms with van der Waals surface area (Å²) in [5, 5.41) is 0. The molecule has 0 saturated carbocycles. The molecule has 0 radical (unpaired) electrons. The van der Waals surface area contributed by atoms with Crippen LogP contribution in [-0.2, 0) is 0 Å². The lowest BCUT2D eigenvalue weighted by Gasteiger charge is -2.45. The zero-order chi connectivity index (χ0) is 13.3. The Labute approximate surface area is 109 Å². The van der Waals surface area contributed by atoms with E-state index in [4.69, 9.17) is 5.73 Å². The predicted molar refractivity (Wildman–Crippen MR) is 78.3 cm³/mol. The summed E-state index contributed by atoms with van der Waals surface area (Å²) in [6.07, 6.45) is 6.32. The maximum absolute atomic E-state index is 6.09. The van der Waals surface area contributed by atoms with Crippen molar-refractivity contribution in [1.29, 1.82) is 0 Å². The first-order valence-electron chi connectivity index (χ1n) is 7.51. The Morgan fingerprint density at radius 2 is 1.53 bits per heavy atom. The maximum Gasteiger partial charge on any atom is 0.0328 e. The molecular formula is C15H34N2. The van der Waals surface area contributed by atoms with Crippen molar-refractivity contribution in [2.75, 3.05) is 19.6 Å². The summed E-state index contributed by atoms with van der Waals surface area (Å²) in [4.78, 5) is 2.65. The van der Waals surface area contributed by atoms with Crippen LogP contribution in [-0.4, -0.2) is 30.1 Å². The zero-order valence-electron chi connectivity index (χ0n) is 12.8. The van der Waals surface area contributed by atoms with Gasteiger partial charge >= 0.3 is 0 Å². The lowest BCUT2D eigenvalue weighted by molar-refractivity contribution is 0.0554. The van der Waals surface area contributed by atoms with Gasteiger partial charge < -0.3 is 5.73 Å². The van der Waals surface area contributed by atoms with E-state index in [2.05, 4.69) is 39.5 Å². The Bertz CT molecular complexity index is 174. The molecule has 0 aliphatic heterocycles. The van der Waals surface area contributed by atoms with Crippen LogP contribution in [0.4, 0.5) is 0 Å². The first-order chi connectivity index (χ1) is 8.06. The molecule has 2 nitrogen and oxygen atoms in total. The van der Waals surface area contributed by atoms with Crippen LogP contribution < -0.4 is 5.73 Å². The number of unbranched alkanes of at least 4 members (excludes halogenated alkanes) is 2. The van der Waals surface area contributed by atoms with E-state index in [0.717, 1.165) is 6.54 Å². The molecule has 0 aliphatic rings. The third-order valence-corrected chi connectivity index (χ3v) is 4.37. The molecule has 0 amide bonds. The molecule has 0 aromatic heterocycles. The Morgan fingerprint density at radius 3 is 1.82 bits per heavy atom. The largest absolute Gasteiger partial charge is 0.329 e. The second kappa shape index (κ2) is 8.93. The smallest absolute Gasteiger partial charge is 0.0328 e. The van der Waals surface area contributed by atoms with Crippen LogP contribution in [0, 0.1) is 5.92 Å². The molecule has 0 saturated heterocycles. The van der Waals surface area contributed by atoms with Crippen molar-refractivity contribution in [3.05, 3.63) is 0 Å². The Morgan fingerprint density at radius 1 is 1.06 bits per heavy atom. The van der Waals surface area contributed by atoms with Gasteiger partial charge in [0.2, 0.25) is 0 Å². The highest BCUT2D eigenvalue weighted by Crippen LogP contribution is 2.27. The standard InChI is InChI=1S/C15H34N2/c1-6-9-11-17(12-10-7-2)15(5,13-16)14(4)8-3/h14H,6-13,16H2,1-5H3. The Balaban J connectivity index is 4.67. The zero-order valence-corrected chi connectivity index (χ0v) is 12.8. The summed E-state index contributed by atoms with van der Waals surface area (Å²) in [5.41, 5.74) is 6.27. The van der Waals surface area contributed by atoms with E-state index in [9.17, 15) is 0 Å². The van der Waals surface area contributed by atoms with Crippen molar-refractivity contribution in [2.24, 2.45) is 11.7 Å². The van der Waals surface area contributed by atoms with Crippen LogP contribution in [0.15, 0.2) is 0 Å². The highest BCUT2D eigenvalue weighted by atomic mass is 15.2. The van der Waals surface area contributed by atoms with E-state index in [-0.39, 0.29) is 5.54 Å². The average molecular weight is 242 g/mol. The Kier molecular flexibility index (Phi) is 8.89. The van der Waals surface area contributed by atoms with E-state index in [1.54, 1.807) is 0 Å². The van der Waals surface area contributed by atoms with Gasteiger partial charge in [-0.1, -0.05) is 47.0 Å². The molecule has 0 heterocycles. The number of hydrogen-bond acceptors (Lipinski definition) is 2. The maximum atomic E-state index is 6.09. The van der Waals surface area contributed by atoms with Gasteiger partial charge in [0, 0.05) is 12.1 Å². The average Bonchev–Trinajstić information content (AvgIpc) is 2.37. The van der Waals surface area contributed by atoms with Crippen molar-refractivity contribution in [3.8, 4) is 0 Å². The lowest BCUT2D eigenvalue weighted by Crippen LogP contribution is -2.56. The fraction of sp³-hybridized carbons (Fsp3) is 1.00. The van der Waals surface area contributed by atoms with Gasteiger partial charge in [-0.15, -0.1) is 0 Å². The fourth-order valence-corrected chi connectivity index (χ4v) is 2.40. The molecule has 104 valence electrons.